The number of hydrogen-bond acceptors (Lipinski definition) is 5. The molecule has 3 N–H and O–H groups in total. The predicted octanol–water partition coefficient (Wildman–Crippen LogP) is 1.78. The quantitative estimate of drug-likeness (QED) is 0.468. The zero-order valence-electron chi connectivity index (χ0n) is 16.1. The smallest absolute Gasteiger partial charge is 0.324 e. The van der Waals surface area contributed by atoms with Gasteiger partial charge in [-0.2, -0.15) is 12.6 Å². The van der Waals surface area contributed by atoms with Gasteiger partial charge in [0.2, 0.25) is 5.91 Å². The molecular formula is C20H29N3O4S. The van der Waals surface area contributed by atoms with E-state index in [1.165, 1.54) is 0 Å². The number of carbonyl (C=O) groups excluding carboxylic acids is 2. The average Bonchev–Trinajstić information content (AvgIpc) is 2.80. The molecule has 3 atom stereocenters. The van der Waals surface area contributed by atoms with Crippen LogP contribution in [0.2, 0.25) is 0 Å². The summed E-state index contributed by atoms with van der Waals surface area (Å²) in [6.07, 6.45) is 4.46. The highest BCUT2D eigenvalue weighted by molar-refractivity contribution is 7.81. The van der Waals surface area contributed by atoms with Crippen LogP contribution in [-0.2, 0) is 20.8 Å². The van der Waals surface area contributed by atoms with Crippen molar-refractivity contribution in [2.24, 2.45) is 0 Å². The minimum absolute atomic E-state index is 0.0151. The maximum absolute atomic E-state index is 12.8. The van der Waals surface area contributed by atoms with Crippen LogP contribution in [0.1, 0.15) is 44.6 Å². The van der Waals surface area contributed by atoms with E-state index in [1.807, 2.05) is 30.3 Å². The molecule has 1 aromatic rings. The number of hydrazine groups is 1. The van der Waals surface area contributed by atoms with Crippen LogP contribution in [0.5, 0.6) is 0 Å². The molecule has 1 aromatic carbocycles. The number of hydrogen-bond donors (Lipinski definition) is 4. The maximum Gasteiger partial charge on any atom is 0.324 e. The number of carboxylic acids is 1. The van der Waals surface area contributed by atoms with Gasteiger partial charge in [0.05, 0.1) is 5.25 Å². The van der Waals surface area contributed by atoms with Gasteiger partial charge in [0.1, 0.15) is 12.6 Å². The Bertz CT molecular complexity index is 671. The second-order valence-electron chi connectivity index (χ2n) is 7.13. The van der Waals surface area contributed by atoms with Crippen LogP contribution < -0.4 is 10.7 Å². The molecule has 1 aliphatic rings. The topological polar surface area (TPSA) is 98.7 Å². The predicted molar refractivity (Wildman–Crippen MR) is 110 cm³/mol. The summed E-state index contributed by atoms with van der Waals surface area (Å²) in [5.41, 5.74) is 4.02. The van der Waals surface area contributed by atoms with Gasteiger partial charge in [-0.25, -0.2) is 5.43 Å². The molecule has 0 bridgehead atoms. The maximum atomic E-state index is 12.8. The van der Waals surface area contributed by atoms with E-state index in [0.29, 0.717) is 19.3 Å². The van der Waals surface area contributed by atoms with E-state index in [1.54, 1.807) is 0 Å². The zero-order chi connectivity index (χ0) is 20.5. The SMILES string of the molecule is CCCC[C@H]1CCC(NC(=O)[C@@H](S)Cc2ccccc2)C(=O)N(CC(=O)O)N1. The minimum Gasteiger partial charge on any atom is -0.480 e. The van der Waals surface area contributed by atoms with Gasteiger partial charge in [-0.1, -0.05) is 50.1 Å². The first kappa shape index (κ1) is 22.2. The average molecular weight is 408 g/mol. The molecule has 8 heteroatoms. The largest absolute Gasteiger partial charge is 0.480 e. The summed E-state index contributed by atoms with van der Waals surface area (Å²) in [5, 5.41) is 12.4. The third kappa shape index (κ3) is 6.83. The Labute approximate surface area is 171 Å². The Hall–Kier alpha value is -2.06. The Morgan fingerprint density at radius 1 is 1.32 bits per heavy atom. The molecule has 0 spiro atoms. The Morgan fingerprint density at radius 3 is 2.68 bits per heavy atom. The van der Waals surface area contributed by atoms with Crippen molar-refractivity contribution in [1.29, 1.82) is 0 Å². The number of benzene rings is 1. The number of rotatable bonds is 9. The van der Waals surface area contributed by atoms with E-state index in [9.17, 15) is 14.4 Å². The number of unbranched alkanes of at least 4 members (excludes halogenated alkanes) is 1. The van der Waals surface area contributed by atoms with Crippen LogP contribution in [0.3, 0.4) is 0 Å². The molecule has 7 nitrogen and oxygen atoms in total. The normalized spacial score (nSPS) is 21.1. The van der Waals surface area contributed by atoms with E-state index in [2.05, 4.69) is 30.3 Å². The molecule has 2 rings (SSSR count). The number of aliphatic carboxylic acids is 1. The number of carbonyl (C=O) groups is 3. The molecule has 0 saturated carbocycles. The van der Waals surface area contributed by atoms with Crippen LogP contribution in [0.15, 0.2) is 30.3 Å². The highest BCUT2D eigenvalue weighted by Crippen LogP contribution is 2.16. The number of carboxylic acid groups (broad SMARTS) is 1. The molecule has 2 amide bonds. The standard InChI is InChI=1S/C20H29N3O4S/c1-2-3-9-15-10-11-16(20(27)23(22-15)13-18(24)25)21-19(26)17(28)12-14-7-5-4-6-8-14/h4-8,15-17,22,28H,2-3,9-13H2,1H3,(H,21,26)(H,24,25)/t15-,16?,17-/m0/s1. The molecule has 0 radical (unpaired) electrons. The van der Waals surface area contributed by atoms with Crippen molar-refractivity contribution >= 4 is 30.4 Å². The van der Waals surface area contributed by atoms with Gasteiger partial charge in [0, 0.05) is 6.04 Å². The zero-order valence-corrected chi connectivity index (χ0v) is 17.0. The molecule has 1 saturated heterocycles. The van der Waals surface area contributed by atoms with Crippen molar-refractivity contribution in [3.05, 3.63) is 35.9 Å². The van der Waals surface area contributed by atoms with Gasteiger partial charge in [-0.05, 0) is 31.2 Å². The molecule has 1 aliphatic heterocycles. The van der Waals surface area contributed by atoms with Crippen LogP contribution >= 0.6 is 12.6 Å². The van der Waals surface area contributed by atoms with Crippen LogP contribution in [-0.4, -0.2) is 51.8 Å². The fourth-order valence-electron chi connectivity index (χ4n) is 3.28. The number of nitrogens with zero attached hydrogens (tertiary/aromatic N) is 1. The first-order valence-electron chi connectivity index (χ1n) is 9.72. The Balaban J connectivity index is 2.02. The summed E-state index contributed by atoms with van der Waals surface area (Å²) < 4.78 is 0. The fourth-order valence-corrected chi connectivity index (χ4v) is 3.56. The lowest BCUT2D eigenvalue weighted by molar-refractivity contribution is -0.148. The highest BCUT2D eigenvalue weighted by Gasteiger charge is 2.33. The Kier molecular flexibility index (Phi) is 8.79. The van der Waals surface area contributed by atoms with Gasteiger partial charge in [-0.15, -0.1) is 0 Å². The van der Waals surface area contributed by atoms with E-state index in [-0.39, 0.29) is 11.9 Å². The van der Waals surface area contributed by atoms with Crippen molar-refractivity contribution < 1.29 is 19.5 Å². The van der Waals surface area contributed by atoms with E-state index in [4.69, 9.17) is 5.11 Å². The van der Waals surface area contributed by atoms with Gasteiger partial charge in [0.15, 0.2) is 0 Å². The molecule has 154 valence electrons. The third-order valence-corrected chi connectivity index (χ3v) is 5.21. The van der Waals surface area contributed by atoms with Crippen molar-refractivity contribution in [1.82, 2.24) is 15.8 Å². The minimum atomic E-state index is -1.10. The van der Waals surface area contributed by atoms with E-state index >= 15 is 0 Å². The van der Waals surface area contributed by atoms with Crippen molar-refractivity contribution in [3.63, 3.8) is 0 Å². The monoisotopic (exact) mass is 407 g/mol. The molecule has 0 aliphatic carbocycles. The summed E-state index contributed by atoms with van der Waals surface area (Å²) in [4.78, 5) is 36.5. The molecule has 1 heterocycles. The molecule has 1 fully saturated rings. The van der Waals surface area contributed by atoms with Gasteiger partial charge in [-0.3, -0.25) is 19.4 Å². The van der Waals surface area contributed by atoms with E-state index in [0.717, 1.165) is 29.8 Å². The summed E-state index contributed by atoms with van der Waals surface area (Å²) in [5.74, 6) is -1.85. The van der Waals surface area contributed by atoms with Gasteiger partial charge in [0.25, 0.3) is 5.91 Å². The highest BCUT2D eigenvalue weighted by atomic mass is 32.1. The first-order chi connectivity index (χ1) is 13.4. The second-order valence-corrected chi connectivity index (χ2v) is 7.75. The van der Waals surface area contributed by atoms with Crippen LogP contribution in [0.4, 0.5) is 0 Å². The van der Waals surface area contributed by atoms with E-state index < -0.39 is 29.7 Å². The summed E-state index contributed by atoms with van der Waals surface area (Å²) in [6, 6.07) is 8.80. The molecule has 28 heavy (non-hydrogen) atoms. The molecule has 1 unspecified atom stereocenters. The lowest BCUT2D eigenvalue weighted by Gasteiger charge is -2.26. The van der Waals surface area contributed by atoms with Crippen molar-refractivity contribution in [2.45, 2.75) is 62.8 Å². The van der Waals surface area contributed by atoms with Crippen LogP contribution in [0.25, 0.3) is 0 Å². The second kappa shape index (κ2) is 11.1. The molecule has 0 aromatic heterocycles. The first-order valence-corrected chi connectivity index (χ1v) is 10.2. The van der Waals surface area contributed by atoms with Crippen molar-refractivity contribution in [3.8, 4) is 0 Å². The number of amides is 2. The van der Waals surface area contributed by atoms with Gasteiger partial charge < -0.3 is 10.4 Å². The lowest BCUT2D eigenvalue weighted by Crippen LogP contribution is -2.55. The van der Waals surface area contributed by atoms with Crippen LogP contribution in [0, 0.1) is 0 Å². The molecular weight excluding hydrogens is 378 g/mol. The van der Waals surface area contributed by atoms with Crippen molar-refractivity contribution in [2.75, 3.05) is 6.54 Å². The summed E-state index contributed by atoms with van der Waals surface area (Å²) >= 11 is 4.39. The Morgan fingerprint density at radius 2 is 2.04 bits per heavy atom. The number of nitrogens with one attached hydrogen (secondary N) is 2. The summed E-state index contributed by atoms with van der Waals surface area (Å²) in [6.45, 7) is 1.64. The number of thiol groups is 1. The third-order valence-electron chi connectivity index (χ3n) is 4.80. The summed E-state index contributed by atoms with van der Waals surface area (Å²) in [7, 11) is 0. The fraction of sp³-hybridized carbons (Fsp3) is 0.550. The van der Waals surface area contributed by atoms with Gasteiger partial charge >= 0.3 is 5.97 Å². The lowest BCUT2D eigenvalue weighted by atomic mass is 10.0.